The zero-order valence-electron chi connectivity index (χ0n) is 14.3. The van der Waals surface area contributed by atoms with Crippen molar-refractivity contribution in [3.8, 4) is 11.6 Å². The molecule has 2 N–H and O–H groups in total. The number of benzene rings is 1. The van der Waals surface area contributed by atoms with Gasteiger partial charge in [0.05, 0.1) is 24.0 Å². The van der Waals surface area contributed by atoms with Crippen molar-refractivity contribution in [1.82, 2.24) is 9.55 Å². The Morgan fingerprint density at radius 2 is 2.08 bits per heavy atom. The van der Waals surface area contributed by atoms with E-state index in [0.717, 1.165) is 29.6 Å². The maximum absolute atomic E-state index is 12.2. The zero-order valence-corrected chi connectivity index (χ0v) is 14.3. The highest BCUT2D eigenvalue weighted by atomic mass is 16.5. The number of aromatic nitrogens is 2. The van der Waals surface area contributed by atoms with E-state index >= 15 is 0 Å². The quantitative estimate of drug-likeness (QED) is 0.823. The maximum atomic E-state index is 12.2. The Bertz CT molecular complexity index is 903. The summed E-state index contributed by atoms with van der Waals surface area (Å²) in [5.74, 6) is -0.411. The first-order valence-corrected chi connectivity index (χ1v) is 8.25. The molecule has 0 aliphatic carbocycles. The minimum atomic E-state index is -0.693. The molecule has 3 rings (SSSR count). The zero-order chi connectivity index (χ0) is 18.0. The largest absolute Gasteiger partial charge is 0.493 e. The summed E-state index contributed by atoms with van der Waals surface area (Å²) in [6, 6.07) is 7.06. The fraction of sp³-hybridized carbons (Fsp3) is 0.389. The molecule has 0 spiro atoms. The number of aromatic hydroxyl groups is 1. The molecule has 2 heterocycles. The van der Waals surface area contributed by atoms with Gasteiger partial charge in [-0.1, -0.05) is 17.7 Å². The number of nitrogens with one attached hydrogen (secondary N) is 1. The number of aliphatic imine (C=N–C) groups is 1. The Kier molecular flexibility index (Phi) is 4.85. The molecule has 0 amide bonds. The van der Waals surface area contributed by atoms with Crippen LogP contribution in [-0.2, 0) is 4.74 Å². The predicted molar refractivity (Wildman–Crippen MR) is 95.1 cm³/mol. The van der Waals surface area contributed by atoms with Gasteiger partial charge in [-0.05, 0) is 38.8 Å². The number of ether oxygens (including phenoxy) is 1. The molecular formula is C18H21N3O4. The molecule has 1 unspecified atom stereocenters. The van der Waals surface area contributed by atoms with Crippen LogP contribution in [0.15, 0.2) is 38.8 Å². The summed E-state index contributed by atoms with van der Waals surface area (Å²) in [6.07, 6.45) is 1.98. The first kappa shape index (κ1) is 17.2. The lowest BCUT2D eigenvalue weighted by atomic mass is 10.2. The summed E-state index contributed by atoms with van der Waals surface area (Å²) >= 11 is 0. The average Bonchev–Trinajstić information content (AvgIpc) is 3.07. The molecule has 25 heavy (non-hydrogen) atoms. The summed E-state index contributed by atoms with van der Waals surface area (Å²) < 4.78 is 6.58. The van der Waals surface area contributed by atoms with Gasteiger partial charge in [0.2, 0.25) is 5.88 Å². The van der Waals surface area contributed by atoms with E-state index in [1.54, 1.807) is 19.1 Å². The highest BCUT2D eigenvalue weighted by Crippen LogP contribution is 2.18. The van der Waals surface area contributed by atoms with E-state index in [-0.39, 0.29) is 11.7 Å². The fourth-order valence-corrected chi connectivity index (χ4v) is 2.89. The number of aromatic amines is 1. The SMILES string of the molecule is CC(=NCC1CCCO1)c1c(O)n(-c2ccc(C)cc2)c(=O)[nH]c1=O. The Labute approximate surface area is 144 Å². The van der Waals surface area contributed by atoms with Crippen LogP contribution in [0, 0.1) is 6.92 Å². The van der Waals surface area contributed by atoms with E-state index in [4.69, 9.17) is 4.74 Å². The van der Waals surface area contributed by atoms with Gasteiger partial charge in [-0.15, -0.1) is 0 Å². The normalized spacial score (nSPS) is 17.8. The van der Waals surface area contributed by atoms with E-state index in [9.17, 15) is 14.7 Å². The third kappa shape index (κ3) is 3.56. The van der Waals surface area contributed by atoms with Gasteiger partial charge >= 0.3 is 5.69 Å². The van der Waals surface area contributed by atoms with Crippen LogP contribution in [0.3, 0.4) is 0 Å². The number of hydrogen-bond donors (Lipinski definition) is 2. The minimum Gasteiger partial charge on any atom is -0.493 e. The lowest BCUT2D eigenvalue weighted by molar-refractivity contribution is 0.118. The highest BCUT2D eigenvalue weighted by molar-refractivity contribution is 6.00. The van der Waals surface area contributed by atoms with Crippen molar-refractivity contribution in [3.05, 3.63) is 56.2 Å². The van der Waals surface area contributed by atoms with Crippen molar-refractivity contribution >= 4 is 5.71 Å². The Morgan fingerprint density at radius 1 is 1.36 bits per heavy atom. The number of hydrogen-bond acceptors (Lipinski definition) is 5. The molecule has 2 aromatic rings. The Balaban J connectivity index is 2.03. The van der Waals surface area contributed by atoms with Crippen LogP contribution in [0.2, 0.25) is 0 Å². The molecule has 1 fully saturated rings. The van der Waals surface area contributed by atoms with E-state index in [2.05, 4.69) is 9.98 Å². The first-order valence-electron chi connectivity index (χ1n) is 8.25. The second-order valence-electron chi connectivity index (χ2n) is 6.19. The molecule has 1 saturated heterocycles. The van der Waals surface area contributed by atoms with Crippen molar-refractivity contribution in [2.24, 2.45) is 4.99 Å². The summed E-state index contributed by atoms with van der Waals surface area (Å²) in [7, 11) is 0. The van der Waals surface area contributed by atoms with Gasteiger partial charge in [-0.2, -0.15) is 0 Å². The molecule has 7 heteroatoms. The molecule has 0 bridgehead atoms. The molecule has 1 aliphatic heterocycles. The predicted octanol–water partition coefficient (Wildman–Crippen LogP) is 1.53. The lowest BCUT2D eigenvalue weighted by Gasteiger charge is -2.12. The standard InChI is InChI=1S/C18H21N3O4/c1-11-5-7-13(8-6-11)21-17(23)15(16(22)20-18(21)24)12(2)19-10-14-4-3-9-25-14/h5-8,14,23H,3-4,9-10H2,1-2H3,(H,20,22,24). The molecule has 1 aliphatic rings. The van der Waals surface area contributed by atoms with Gasteiger partial charge in [0, 0.05) is 6.61 Å². The number of rotatable bonds is 4. The topological polar surface area (TPSA) is 96.7 Å². The monoisotopic (exact) mass is 343 g/mol. The molecule has 0 radical (unpaired) electrons. The minimum absolute atomic E-state index is 0.00169. The van der Waals surface area contributed by atoms with E-state index in [0.29, 0.717) is 17.9 Å². The van der Waals surface area contributed by atoms with Gasteiger partial charge in [-0.25, -0.2) is 9.36 Å². The summed E-state index contributed by atoms with van der Waals surface area (Å²) in [5, 5.41) is 10.6. The second-order valence-corrected chi connectivity index (χ2v) is 6.19. The molecule has 132 valence electrons. The second kappa shape index (κ2) is 7.06. The van der Waals surface area contributed by atoms with Crippen molar-refractivity contribution < 1.29 is 9.84 Å². The molecule has 1 aromatic carbocycles. The molecule has 7 nitrogen and oxygen atoms in total. The lowest BCUT2D eigenvalue weighted by Crippen LogP contribution is -2.33. The smallest absolute Gasteiger partial charge is 0.335 e. The number of aryl methyl sites for hydroxylation is 1. The molecule has 0 saturated carbocycles. The summed E-state index contributed by atoms with van der Waals surface area (Å²) in [6.45, 7) is 4.72. The highest BCUT2D eigenvalue weighted by Gasteiger charge is 2.19. The van der Waals surface area contributed by atoms with E-state index < -0.39 is 17.1 Å². The van der Waals surface area contributed by atoms with Crippen molar-refractivity contribution in [3.63, 3.8) is 0 Å². The van der Waals surface area contributed by atoms with Gasteiger partial charge in [0.25, 0.3) is 5.56 Å². The van der Waals surface area contributed by atoms with Crippen LogP contribution in [0.25, 0.3) is 5.69 Å². The van der Waals surface area contributed by atoms with Crippen LogP contribution in [0.1, 0.15) is 30.9 Å². The van der Waals surface area contributed by atoms with Crippen molar-refractivity contribution in [2.75, 3.05) is 13.2 Å². The van der Waals surface area contributed by atoms with Crippen molar-refractivity contribution in [2.45, 2.75) is 32.8 Å². The van der Waals surface area contributed by atoms with Gasteiger partial charge in [0.1, 0.15) is 5.56 Å². The van der Waals surface area contributed by atoms with E-state index in [1.165, 1.54) is 0 Å². The van der Waals surface area contributed by atoms with Crippen LogP contribution in [-0.4, -0.2) is 39.6 Å². The fourth-order valence-electron chi connectivity index (χ4n) is 2.89. The Hall–Kier alpha value is -2.67. The maximum Gasteiger partial charge on any atom is 0.335 e. The van der Waals surface area contributed by atoms with Gasteiger partial charge in [0.15, 0.2) is 0 Å². The first-order chi connectivity index (χ1) is 12.0. The van der Waals surface area contributed by atoms with Crippen molar-refractivity contribution in [1.29, 1.82) is 0 Å². The third-order valence-electron chi connectivity index (χ3n) is 4.30. The van der Waals surface area contributed by atoms with Crippen LogP contribution in [0.4, 0.5) is 0 Å². The van der Waals surface area contributed by atoms with Crippen LogP contribution < -0.4 is 11.2 Å². The molecular weight excluding hydrogens is 322 g/mol. The van der Waals surface area contributed by atoms with Crippen LogP contribution >= 0.6 is 0 Å². The Morgan fingerprint density at radius 3 is 2.72 bits per heavy atom. The molecule has 1 aromatic heterocycles. The van der Waals surface area contributed by atoms with Gasteiger partial charge in [-0.3, -0.25) is 14.8 Å². The van der Waals surface area contributed by atoms with Crippen LogP contribution in [0.5, 0.6) is 5.88 Å². The van der Waals surface area contributed by atoms with E-state index in [1.807, 2.05) is 19.1 Å². The summed E-state index contributed by atoms with van der Waals surface area (Å²) in [5.41, 5.74) is 0.516. The number of H-pyrrole nitrogens is 1. The number of nitrogens with zero attached hydrogens (tertiary/aromatic N) is 2. The molecule has 1 atom stereocenters. The summed E-state index contributed by atoms with van der Waals surface area (Å²) in [4.78, 5) is 31.0. The van der Waals surface area contributed by atoms with Gasteiger partial charge < -0.3 is 9.84 Å². The average molecular weight is 343 g/mol. The third-order valence-corrected chi connectivity index (χ3v) is 4.30.